The molecular weight excluding hydrogens is 462 g/mol. The van der Waals surface area contributed by atoms with Crippen LogP contribution in [0.5, 0.6) is 0 Å². The van der Waals surface area contributed by atoms with Crippen molar-refractivity contribution in [2.75, 3.05) is 19.8 Å². The van der Waals surface area contributed by atoms with Crippen molar-refractivity contribution in [3.05, 3.63) is 95.6 Å². The average molecular weight is 496 g/mol. The van der Waals surface area contributed by atoms with Crippen LogP contribution in [0.2, 0.25) is 0 Å². The minimum absolute atomic E-state index is 0.00712. The molecule has 5 nitrogen and oxygen atoms in total. The summed E-state index contributed by atoms with van der Waals surface area (Å²) in [6.45, 7) is 1.24. The molecule has 0 spiro atoms. The van der Waals surface area contributed by atoms with Crippen molar-refractivity contribution < 1.29 is 19.1 Å². The first kappa shape index (κ1) is 23.9. The zero-order valence-corrected chi connectivity index (χ0v) is 21.1. The zero-order valence-electron chi connectivity index (χ0n) is 21.1. The fourth-order valence-corrected chi connectivity index (χ4v) is 6.46. The van der Waals surface area contributed by atoms with Gasteiger partial charge in [0.15, 0.2) is 0 Å². The summed E-state index contributed by atoms with van der Waals surface area (Å²) in [5.41, 5.74) is 6.12. The molecule has 1 amide bonds. The standard InChI is InChI=1S/C32H33NO4/c34-31(16-8-11-22-9-2-1-3-10-22)23-17-24-19-36-20-25(18-23)33(24)32(35)37-21-30-28-14-6-4-12-26(28)27-13-5-7-15-29(27)30/h1-7,9-10,12-15,23-25,30H,8,11,16-21H2. The van der Waals surface area contributed by atoms with Crippen molar-refractivity contribution in [2.24, 2.45) is 5.92 Å². The van der Waals surface area contributed by atoms with Crippen LogP contribution in [0.15, 0.2) is 78.9 Å². The van der Waals surface area contributed by atoms with E-state index >= 15 is 0 Å². The number of benzene rings is 3. The Balaban J connectivity index is 1.07. The predicted molar refractivity (Wildman–Crippen MR) is 142 cm³/mol. The van der Waals surface area contributed by atoms with E-state index in [0.717, 1.165) is 12.8 Å². The van der Waals surface area contributed by atoms with E-state index in [1.54, 1.807) is 0 Å². The molecule has 3 aromatic carbocycles. The molecule has 0 N–H and O–H groups in total. The van der Waals surface area contributed by atoms with Crippen LogP contribution in [0.1, 0.15) is 48.3 Å². The number of aryl methyl sites for hydroxylation is 1. The van der Waals surface area contributed by atoms with Crippen molar-refractivity contribution in [3.8, 4) is 11.1 Å². The molecule has 190 valence electrons. The summed E-state index contributed by atoms with van der Waals surface area (Å²) in [4.78, 5) is 28.3. The molecule has 6 rings (SSSR count). The number of nitrogens with zero attached hydrogens (tertiary/aromatic N) is 1. The number of piperidine rings is 1. The number of ketones is 1. The summed E-state index contributed by atoms with van der Waals surface area (Å²) in [5.74, 6) is 0.350. The molecule has 2 atom stereocenters. The number of morpholine rings is 1. The van der Waals surface area contributed by atoms with Crippen molar-refractivity contribution in [3.63, 3.8) is 0 Å². The van der Waals surface area contributed by atoms with Crippen LogP contribution in [0.25, 0.3) is 11.1 Å². The van der Waals surface area contributed by atoms with Gasteiger partial charge < -0.3 is 9.47 Å². The van der Waals surface area contributed by atoms with Gasteiger partial charge in [0.25, 0.3) is 0 Å². The number of hydrogen-bond donors (Lipinski definition) is 0. The summed E-state index contributed by atoms with van der Waals surface area (Å²) in [6.07, 6.45) is 3.40. The van der Waals surface area contributed by atoms with Crippen LogP contribution in [0.4, 0.5) is 4.79 Å². The monoisotopic (exact) mass is 495 g/mol. The maximum Gasteiger partial charge on any atom is 0.410 e. The molecule has 0 radical (unpaired) electrons. The lowest BCUT2D eigenvalue weighted by atomic mass is 9.81. The normalized spacial score (nSPS) is 22.3. The summed E-state index contributed by atoms with van der Waals surface area (Å²) in [6, 6.07) is 26.8. The van der Waals surface area contributed by atoms with Gasteiger partial charge in [0.1, 0.15) is 12.4 Å². The molecule has 0 saturated carbocycles. The van der Waals surface area contributed by atoms with Crippen LogP contribution >= 0.6 is 0 Å². The highest BCUT2D eigenvalue weighted by molar-refractivity contribution is 5.82. The second kappa shape index (κ2) is 10.5. The zero-order chi connectivity index (χ0) is 25.2. The van der Waals surface area contributed by atoms with E-state index in [1.165, 1.54) is 27.8 Å². The second-order valence-corrected chi connectivity index (χ2v) is 10.5. The molecule has 3 aromatic rings. The van der Waals surface area contributed by atoms with Gasteiger partial charge in [-0.2, -0.15) is 0 Å². The van der Waals surface area contributed by atoms with Crippen LogP contribution in [-0.2, 0) is 20.7 Å². The van der Waals surface area contributed by atoms with Gasteiger partial charge in [-0.1, -0.05) is 78.9 Å². The lowest BCUT2D eigenvalue weighted by Gasteiger charge is -2.47. The van der Waals surface area contributed by atoms with E-state index in [-0.39, 0.29) is 30.0 Å². The third-order valence-electron chi connectivity index (χ3n) is 8.25. The summed E-state index contributed by atoms with van der Waals surface area (Å²) >= 11 is 0. The largest absolute Gasteiger partial charge is 0.448 e. The number of Topliss-reactive ketones (excluding diaryl/α,β-unsaturated/α-hetero) is 1. The molecule has 0 aromatic heterocycles. The number of ether oxygens (including phenoxy) is 2. The first-order valence-corrected chi connectivity index (χ1v) is 13.5. The fourth-order valence-electron chi connectivity index (χ4n) is 6.46. The lowest BCUT2D eigenvalue weighted by Crippen LogP contribution is -2.60. The molecule has 2 bridgehead atoms. The number of carbonyl (C=O) groups is 2. The van der Waals surface area contributed by atoms with Crippen LogP contribution in [0, 0.1) is 5.92 Å². The maximum atomic E-state index is 13.4. The van der Waals surface area contributed by atoms with Crippen LogP contribution in [0.3, 0.4) is 0 Å². The maximum absolute atomic E-state index is 13.4. The molecule has 2 saturated heterocycles. The summed E-state index contributed by atoms with van der Waals surface area (Å²) in [7, 11) is 0. The van der Waals surface area contributed by atoms with Crippen LogP contribution in [-0.4, -0.2) is 48.7 Å². The van der Waals surface area contributed by atoms with Gasteiger partial charge in [-0.05, 0) is 53.5 Å². The highest BCUT2D eigenvalue weighted by Crippen LogP contribution is 2.44. The van der Waals surface area contributed by atoms with Crippen molar-refractivity contribution in [2.45, 2.75) is 50.1 Å². The van der Waals surface area contributed by atoms with Gasteiger partial charge in [-0.3, -0.25) is 9.69 Å². The minimum Gasteiger partial charge on any atom is -0.448 e. The Kier molecular flexibility index (Phi) is 6.79. The molecule has 5 heteroatoms. The van der Waals surface area contributed by atoms with E-state index in [4.69, 9.17) is 9.47 Å². The number of rotatable bonds is 7. The topological polar surface area (TPSA) is 55.8 Å². The Morgan fingerprint density at radius 1 is 0.811 bits per heavy atom. The van der Waals surface area contributed by atoms with E-state index in [9.17, 15) is 9.59 Å². The van der Waals surface area contributed by atoms with Crippen molar-refractivity contribution >= 4 is 11.9 Å². The van der Waals surface area contributed by atoms with Gasteiger partial charge in [0.2, 0.25) is 0 Å². The third kappa shape index (κ3) is 4.80. The number of fused-ring (bicyclic) bond motifs is 5. The van der Waals surface area contributed by atoms with E-state index in [1.807, 2.05) is 35.2 Å². The highest BCUT2D eigenvalue weighted by atomic mass is 16.6. The molecule has 1 aliphatic carbocycles. The van der Waals surface area contributed by atoms with Crippen molar-refractivity contribution in [1.82, 2.24) is 4.90 Å². The highest BCUT2D eigenvalue weighted by Gasteiger charge is 2.44. The minimum atomic E-state index is -0.282. The molecule has 37 heavy (non-hydrogen) atoms. The van der Waals surface area contributed by atoms with Gasteiger partial charge >= 0.3 is 6.09 Å². The summed E-state index contributed by atoms with van der Waals surface area (Å²) in [5, 5.41) is 0. The van der Waals surface area contributed by atoms with Crippen LogP contribution < -0.4 is 0 Å². The number of amides is 1. The quantitative estimate of drug-likeness (QED) is 0.403. The van der Waals surface area contributed by atoms with E-state index < -0.39 is 0 Å². The molecule has 3 aliphatic rings. The first-order chi connectivity index (χ1) is 18.2. The predicted octanol–water partition coefficient (Wildman–Crippen LogP) is 6.01. The molecule has 2 heterocycles. The number of carbonyl (C=O) groups excluding carboxylic acids is 2. The molecular formula is C32H33NO4. The molecule has 2 unspecified atom stereocenters. The Morgan fingerprint density at radius 2 is 1.41 bits per heavy atom. The Labute approximate surface area is 218 Å². The van der Waals surface area contributed by atoms with E-state index in [2.05, 4.69) is 48.5 Å². The average Bonchev–Trinajstić information content (AvgIpc) is 3.25. The Bertz CT molecular complexity index is 1210. The van der Waals surface area contributed by atoms with Gasteiger partial charge in [-0.15, -0.1) is 0 Å². The first-order valence-electron chi connectivity index (χ1n) is 13.5. The number of hydrogen-bond acceptors (Lipinski definition) is 4. The van der Waals surface area contributed by atoms with Gasteiger partial charge in [0.05, 0.1) is 25.3 Å². The third-order valence-corrected chi connectivity index (χ3v) is 8.25. The SMILES string of the molecule is O=C(CCCc1ccccc1)C1CC2COCC(C1)N2C(=O)OCC1c2ccccc2-c2ccccc21. The molecule has 2 fully saturated rings. The van der Waals surface area contributed by atoms with Crippen molar-refractivity contribution in [1.29, 1.82) is 0 Å². The lowest BCUT2D eigenvalue weighted by molar-refractivity contribution is -0.131. The Hall–Kier alpha value is -3.44. The van der Waals surface area contributed by atoms with Gasteiger partial charge in [0, 0.05) is 18.3 Å². The smallest absolute Gasteiger partial charge is 0.410 e. The van der Waals surface area contributed by atoms with Gasteiger partial charge in [-0.25, -0.2) is 4.79 Å². The second-order valence-electron chi connectivity index (χ2n) is 10.5. The van der Waals surface area contributed by atoms with E-state index in [0.29, 0.717) is 44.9 Å². The Morgan fingerprint density at radius 3 is 2.05 bits per heavy atom. The fraction of sp³-hybridized carbons (Fsp3) is 0.375. The molecule has 2 aliphatic heterocycles. The summed E-state index contributed by atoms with van der Waals surface area (Å²) < 4.78 is 11.8.